The smallest absolute Gasteiger partial charge is 0.306 e. The molecule has 326 valence electrons. The molecule has 55 heavy (non-hydrogen) atoms. The molecule has 0 aliphatic carbocycles. The summed E-state index contributed by atoms with van der Waals surface area (Å²) in [5.41, 5.74) is 0. The molecule has 0 saturated carbocycles. The SMILES string of the molecule is CCCCCCCCCCCCCC(=O)O[C@@H](COC(=O)CCCCCCCCCCCC)COC(=O)CCCCCCCCCCCCCCCC(C)C. The highest BCUT2D eigenvalue weighted by atomic mass is 16.6. The summed E-state index contributed by atoms with van der Waals surface area (Å²) in [6.45, 7) is 9.00. The van der Waals surface area contributed by atoms with Gasteiger partial charge in [0.25, 0.3) is 0 Å². The highest BCUT2D eigenvalue weighted by Crippen LogP contribution is 2.17. The van der Waals surface area contributed by atoms with Gasteiger partial charge in [-0.1, -0.05) is 233 Å². The van der Waals surface area contributed by atoms with Crippen LogP contribution in [0.3, 0.4) is 0 Å². The van der Waals surface area contributed by atoms with Crippen LogP contribution in [0, 0.1) is 5.92 Å². The Labute approximate surface area is 342 Å². The van der Waals surface area contributed by atoms with Crippen molar-refractivity contribution < 1.29 is 28.6 Å². The molecule has 0 spiro atoms. The summed E-state index contributed by atoms with van der Waals surface area (Å²) in [6, 6.07) is 0. The molecule has 0 bridgehead atoms. The molecule has 0 radical (unpaired) electrons. The number of ether oxygens (including phenoxy) is 3. The van der Waals surface area contributed by atoms with Crippen molar-refractivity contribution in [2.45, 2.75) is 278 Å². The number of unbranched alkanes of at least 4 members (excludes halogenated alkanes) is 31. The molecule has 0 saturated heterocycles. The van der Waals surface area contributed by atoms with Gasteiger partial charge in [-0.15, -0.1) is 0 Å². The maximum Gasteiger partial charge on any atom is 0.306 e. The minimum Gasteiger partial charge on any atom is -0.462 e. The van der Waals surface area contributed by atoms with Crippen molar-refractivity contribution in [2.75, 3.05) is 13.2 Å². The predicted octanol–water partition coefficient (Wildman–Crippen LogP) is 15.5. The second-order valence-electron chi connectivity index (χ2n) is 17.2. The van der Waals surface area contributed by atoms with Crippen LogP contribution in [0.2, 0.25) is 0 Å². The monoisotopic (exact) mass is 779 g/mol. The third-order valence-electron chi connectivity index (χ3n) is 11.0. The molecule has 0 aromatic carbocycles. The minimum absolute atomic E-state index is 0.0632. The largest absolute Gasteiger partial charge is 0.462 e. The second-order valence-corrected chi connectivity index (χ2v) is 17.2. The van der Waals surface area contributed by atoms with Gasteiger partial charge >= 0.3 is 17.9 Å². The Bertz CT molecular complexity index is 826. The van der Waals surface area contributed by atoms with Crippen LogP contribution in [-0.2, 0) is 28.6 Å². The van der Waals surface area contributed by atoms with Crippen LogP contribution < -0.4 is 0 Å². The maximum atomic E-state index is 12.7. The van der Waals surface area contributed by atoms with Crippen LogP contribution >= 0.6 is 0 Å². The molecular formula is C49H94O6. The first-order valence-electron chi connectivity index (χ1n) is 24.4. The first-order chi connectivity index (χ1) is 26.9. The van der Waals surface area contributed by atoms with E-state index in [1.54, 1.807) is 0 Å². The van der Waals surface area contributed by atoms with E-state index < -0.39 is 6.10 Å². The van der Waals surface area contributed by atoms with Gasteiger partial charge in [0.2, 0.25) is 0 Å². The summed E-state index contributed by atoms with van der Waals surface area (Å²) in [5, 5.41) is 0. The van der Waals surface area contributed by atoms with Gasteiger partial charge in [0.15, 0.2) is 6.10 Å². The fourth-order valence-corrected chi connectivity index (χ4v) is 7.33. The molecular weight excluding hydrogens is 685 g/mol. The number of esters is 3. The molecule has 0 aliphatic heterocycles. The van der Waals surface area contributed by atoms with Crippen molar-refractivity contribution in [2.24, 2.45) is 5.92 Å². The van der Waals surface area contributed by atoms with Crippen LogP contribution in [0.25, 0.3) is 0 Å². The lowest BCUT2D eigenvalue weighted by Gasteiger charge is -2.18. The standard InChI is InChI=1S/C49H94O6/c1-5-7-9-11-13-15-20-26-30-34-38-42-49(52)55-46(43-53-47(50)40-36-32-28-24-16-14-12-10-8-6-2)44-54-48(51)41-37-33-29-25-22-19-17-18-21-23-27-31-35-39-45(3)4/h45-46H,5-44H2,1-4H3/t46-/m0/s1. The lowest BCUT2D eigenvalue weighted by Crippen LogP contribution is -2.30. The Morgan fingerprint density at radius 1 is 0.345 bits per heavy atom. The van der Waals surface area contributed by atoms with Gasteiger partial charge in [0, 0.05) is 19.3 Å². The zero-order valence-electron chi connectivity index (χ0n) is 37.4. The summed E-state index contributed by atoms with van der Waals surface area (Å²) in [5.74, 6) is -0.0108. The fraction of sp³-hybridized carbons (Fsp3) is 0.939. The number of rotatable bonds is 44. The molecule has 6 heteroatoms. The van der Waals surface area contributed by atoms with Crippen LogP contribution in [0.15, 0.2) is 0 Å². The lowest BCUT2D eigenvalue weighted by molar-refractivity contribution is -0.167. The predicted molar refractivity (Wildman–Crippen MR) is 233 cm³/mol. The summed E-state index contributed by atoms with van der Waals surface area (Å²) in [7, 11) is 0. The van der Waals surface area contributed by atoms with Crippen molar-refractivity contribution in [1.82, 2.24) is 0 Å². The number of hydrogen-bond acceptors (Lipinski definition) is 6. The van der Waals surface area contributed by atoms with Gasteiger partial charge in [-0.05, 0) is 25.2 Å². The Morgan fingerprint density at radius 3 is 0.891 bits per heavy atom. The quantitative estimate of drug-likeness (QED) is 0.0348. The average molecular weight is 779 g/mol. The van der Waals surface area contributed by atoms with Gasteiger partial charge in [-0.3, -0.25) is 14.4 Å². The van der Waals surface area contributed by atoms with Crippen LogP contribution in [0.1, 0.15) is 272 Å². The van der Waals surface area contributed by atoms with Crippen LogP contribution in [-0.4, -0.2) is 37.2 Å². The third-order valence-corrected chi connectivity index (χ3v) is 11.0. The molecule has 0 aromatic rings. The van der Waals surface area contributed by atoms with E-state index in [0.29, 0.717) is 19.3 Å². The van der Waals surface area contributed by atoms with E-state index >= 15 is 0 Å². The van der Waals surface area contributed by atoms with Crippen molar-refractivity contribution >= 4 is 17.9 Å². The van der Waals surface area contributed by atoms with E-state index in [-0.39, 0.29) is 31.1 Å². The van der Waals surface area contributed by atoms with Gasteiger partial charge in [-0.25, -0.2) is 0 Å². The Morgan fingerprint density at radius 2 is 0.600 bits per heavy atom. The Balaban J connectivity index is 4.27. The Kier molecular flexibility index (Phi) is 42.3. The van der Waals surface area contributed by atoms with Crippen molar-refractivity contribution in [1.29, 1.82) is 0 Å². The number of carbonyl (C=O) groups excluding carboxylic acids is 3. The first-order valence-corrected chi connectivity index (χ1v) is 24.4. The third kappa shape index (κ3) is 43.4. The van der Waals surface area contributed by atoms with E-state index in [9.17, 15) is 14.4 Å². The first kappa shape index (κ1) is 53.4. The highest BCUT2D eigenvalue weighted by molar-refractivity contribution is 5.71. The molecule has 0 N–H and O–H groups in total. The summed E-state index contributed by atoms with van der Waals surface area (Å²) in [6.07, 6.45) is 43.7. The normalized spacial score (nSPS) is 11.9. The molecule has 0 rings (SSSR count). The summed E-state index contributed by atoms with van der Waals surface area (Å²) in [4.78, 5) is 37.8. The summed E-state index contributed by atoms with van der Waals surface area (Å²) >= 11 is 0. The van der Waals surface area contributed by atoms with Crippen molar-refractivity contribution in [3.63, 3.8) is 0 Å². The summed E-state index contributed by atoms with van der Waals surface area (Å²) < 4.78 is 16.7. The van der Waals surface area contributed by atoms with Gasteiger partial charge in [0.1, 0.15) is 13.2 Å². The minimum atomic E-state index is -0.759. The van der Waals surface area contributed by atoms with E-state index in [0.717, 1.165) is 63.7 Å². The molecule has 0 amide bonds. The topological polar surface area (TPSA) is 78.9 Å². The molecule has 0 heterocycles. The second kappa shape index (κ2) is 43.5. The van der Waals surface area contributed by atoms with Gasteiger partial charge < -0.3 is 14.2 Å². The van der Waals surface area contributed by atoms with E-state index in [1.807, 2.05) is 0 Å². The zero-order chi connectivity index (χ0) is 40.3. The van der Waals surface area contributed by atoms with Crippen LogP contribution in [0.4, 0.5) is 0 Å². The molecule has 0 aliphatic rings. The molecule has 6 nitrogen and oxygen atoms in total. The molecule has 0 unspecified atom stereocenters. The molecule has 0 aromatic heterocycles. The van der Waals surface area contributed by atoms with Crippen LogP contribution in [0.5, 0.6) is 0 Å². The number of hydrogen-bond donors (Lipinski definition) is 0. The molecule has 0 fully saturated rings. The average Bonchev–Trinajstić information content (AvgIpc) is 3.17. The molecule has 1 atom stereocenters. The van der Waals surface area contributed by atoms with E-state index in [2.05, 4.69) is 27.7 Å². The highest BCUT2D eigenvalue weighted by Gasteiger charge is 2.19. The van der Waals surface area contributed by atoms with Gasteiger partial charge in [0.05, 0.1) is 0 Å². The van der Waals surface area contributed by atoms with Crippen molar-refractivity contribution in [3.8, 4) is 0 Å². The van der Waals surface area contributed by atoms with Gasteiger partial charge in [-0.2, -0.15) is 0 Å². The lowest BCUT2D eigenvalue weighted by atomic mass is 10.0. The zero-order valence-corrected chi connectivity index (χ0v) is 37.4. The Hall–Kier alpha value is -1.59. The van der Waals surface area contributed by atoms with E-state index in [4.69, 9.17) is 14.2 Å². The van der Waals surface area contributed by atoms with Crippen molar-refractivity contribution in [3.05, 3.63) is 0 Å². The number of carbonyl (C=O) groups is 3. The maximum absolute atomic E-state index is 12.7. The fourth-order valence-electron chi connectivity index (χ4n) is 7.33. The van der Waals surface area contributed by atoms with E-state index in [1.165, 1.54) is 167 Å².